The summed E-state index contributed by atoms with van der Waals surface area (Å²) in [5.41, 5.74) is 0.312. The number of halogens is 2. The van der Waals surface area contributed by atoms with E-state index in [1.807, 2.05) is 39.0 Å². The molecule has 1 saturated heterocycles. The van der Waals surface area contributed by atoms with Crippen molar-refractivity contribution in [3.63, 3.8) is 0 Å². The Morgan fingerprint density at radius 3 is 2.13 bits per heavy atom. The summed E-state index contributed by atoms with van der Waals surface area (Å²) in [6.07, 6.45) is -0.228. The Labute approximate surface area is 226 Å². The fourth-order valence-corrected chi connectivity index (χ4v) is 5.33. The standard InChI is InChI=1S/C30H33F2N3O4/c1-29(2,3)23-22-24(32)21(31)15-20(16-33)25(22)35(27(36)37)26(23)19-9-7-17(8-10-19)18-11-13-34(14-12-18)28(38)39-30(4,5)6/h7-10,15,18H,11-14H2,1-6H3,(H,36,37). The Morgan fingerprint density at radius 1 is 1.05 bits per heavy atom. The SMILES string of the molecule is CC(C)(C)OC(=O)N1CCC(c2ccc(-c3c(C(C)(C)C)c4c(F)c(F)cc(C#N)c4n3C(=O)O)cc2)CC1. The number of piperidine rings is 1. The Balaban J connectivity index is 1.75. The third-order valence-electron chi connectivity index (χ3n) is 6.99. The third kappa shape index (κ3) is 5.33. The van der Waals surface area contributed by atoms with Crippen LogP contribution in [0.15, 0.2) is 30.3 Å². The maximum atomic E-state index is 15.2. The van der Waals surface area contributed by atoms with Crippen LogP contribution in [-0.4, -0.2) is 45.5 Å². The molecule has 0 unspecified atom stereocenters. The molecule has 1 aromatic heterocycles. The first-order chi connectivity index (χ1) is 18.1. The van der Waals surface area contributed by atoms with Gasteiger partial charge < -0.3 is 14.7 Å². The van der Waals surface area contributed by atoms with Crippen molar-refractivity contribution >= 4 is 23.1 Å². The van der Waals surface area contributed by atoms with Crippen molar-refractivity contribution in [2.45, 2.75) is 71.3 Å². The molecule has 1 aliphatic heterocycles. The number of rotatable bonds is 2. The van der Waals surface area contributed by atoms with Crippen LogP contribution in [0.4, 0.5) is 18.4 Å². The molecule has 2 heterocycles. The maximum Gasteiger partial charge on any atom is 0.416 e. The number of fused-ring (bicyclic) bond motifs is 1. The number of benzene rings is 2. The van der Waals surface area contributed by atoms with Gasteiger partial charge in [-0.25, -0.2) is 22.9 Å². The van der Waals surface area contributed by atoms with Gasteiger partial charge in [0.2, 0.25) is 0 Å². The van der Waals surface area contributed by atoms with Crippen LogP contribution in [0.5, 0.6) is 0 Å². The zero-order valence-corrected chi connectivity index (χ0v) is 23.1. The number of nitrogens with zero attached hydrogens (tertiary/aromatic N) is 3. The van der Waals surface area contributed by atoms with Crippen LogP contribution < -0.4 is 0 Å². The largest absolute Gasteiger partial charge is 0.464 e. The summed E-state index contributed by atoms with van der Waals surface area (Å²) in [6, 6.07) is 9.92. The van der Waals surface area contributed by atoms with E-state index in [0.717, 1.165) is 29.0 Å². The molecule has 1 amide bonds. The summed E-state index contributed by atoms with van der Waals surface area (Å²) < 4.78 is 36.1. The number of carboxylic acid groups (broad SMARTS) is 1. The van der Waals surface area contributed by atoms with Crippen LogP contribution >= 0.6 is 0 Å². The number of carbonyl (C=O) groups is 2. The molecule has 0 spiro atoms. The topological polar surface area (TPSA) is 95.6 Å². The molecule has 0 saturated carbocycles. The second-order valence-electron chi connectivity index (χ2n) is 12.0. The molecular formula is C30H33F2N3O4. The van der Waals surface area contributed by atoms with Gasteiger partial charge in [-0.1, -0.05) is 45.0 Å². The van der Waals surface area contributed by atoms with E-state index >= 15 is 4.39 Å². The number of carbonyl (C=O) groups excluding carboxylic acids is 1. The molecule has 1 fully saturated rings. The third-order valence-corrected chi connectivity index (χ3v) is 6.99. The van der Waals surface area contributed by atoms with Gasteiger partial charge in [0.1, 0.15) is 11.7 Å². The molecule has 7 nitrogen and oxygen atoms in total. The molecular weight excluding hydrogens is 504 g/mol. The Bertz CT molecular complexity index is 1480. The summed E-state index contributed by atoms with van der Waals surface area (Å²) in [4.78, 5) is 26.6. The van der Waals surface area contributed by atoms with Crippen LogP contribution in [-0.2, 0) is 10.2 Å². The van der Waals surface area contributed by atoms with Gasteiger partial charge >= 0.3 is 12.2 Å². The predicted molar refractivity (Wildman–Crippen MR) is 144 cm³/mol. The molecule has 206 valence electrons. The van der Waals surface area contributed by atoms with Crippen LogP contribution in [0.1, 0.15) is 77.0 Å². The van der Waals surface area contributed by atoms with E-state index in [4.69, 9.17) is 4.74 Å². The van der Waals surface area contributed by atoms with Gasteiger partial charge in [0, 0.05) is 18.5 Å². The molecule has 9 heteroatoms. The van der Waals surface area contributed by atoms with Gasteiger partial charge in [-0.05, 0) is 67.7 Å². The number of ether oxygens (including phenoxy) is 1. The van der Waals surface area contributed by atoms with Crippen molar-refractivity contribution in [2.24, 2.45) is 0 Å². The molecule has 1 N–H and O–H groups in total. The summed E-state index contributed by atoms with van der Waals surface area (Å²) in [5, 5.41) is 19.6. The Hall–Kier alpha value is -3.93. The van der Waals surface area contributed by atoms with E-state index in [1.165, 1.54) is 0 Å². The lowest BCUT2D eigenvalue weighted by Crippen LogP contribution is -2.41. The van der Waals surface area contributed by atoms with Gasteiger partial charge in [0.15, 0.2) is 11.6 Å². The van der Waals surface area contributed by atoms with Gasteiger partial charge in [0.05, 0.1) is 16.8 Å². The quantitative estimate of drug-likeness (QED) is 0.368. The Kier molecular flexibility index (Phi) is 7.20. The molecule has 1 aliphatic rings. The van der Waals surface area contributed by atoms with E-state index in [-0.39, 0.29) is 34.2 Å². The van der Waals surface area contributed by atoms with Crippen LogP contribution in [0, 0.1) is 23.0 Å². The minimum atomic E-state index is -1.40. The van der Waals surface area contributed by atoms with Gasteiger partial charge in [-0.3, -0.25) is 0 Å². The number of likely N-dealkylation sites (tertiary alicyclic amines) is 1. The first-order valence-electron chi connectivity index (χ1n) is 12.9. The number of amides is 1. The fraction of sp³-hybridized carbons (Fsp3) is 0.433. The maximum absolute atomic E-state index is 15.2. The van der Waals surface area contributed by atoms with Crippen molar-refractivity contribution in [3.8, 4) is 17.3 Å². The van der Waals surface area contributed by atoms with Crippen molar-refractivity contribution in [3.05, 3.63) is 58.7 Å². The van der Waals surface area contributed by atoms with Crippen molar-refractivity contribution in [2.75, 3.05) is 13.1 Å². The summed E-state index contributed by atoms with van der Waals surface area (Å²) in [5.74, 6) is -2.18. The molecule has 0 atom stereocenters. The average Bonchev–Trinajstić information content (AvgIpc) is 3.23. The second-order valence-corrected chi connectivity index (χ2v) is 12.0. The molecule has 0 aliphatic carbocycles. The number of hydrogen-bond acceptors (Lipinski definition) is 4. The monoisotopic (exact) mass is 537 g/mol. The van der Waals surface area contributed by atoms with Crippen molar-refractivity contribution < 1.29 is 28.2 Å². The normalized spacial score (nSPS) is 14.9. The molecule has 0 radical (unpaired) electrons. The fourth-order valence-electron chi connectivity index (χ4n) is 5.33. The highest BCUT2D eigenvalue weighted by Crippen LogP contribution is 2.44. The van der Waals surface area contributed by atoms with Crippen molar-refractivity contribution in [1.29, 1.82) is 5.26 Å². The van der Waals surface area contributed by atoms with Crippen LogP contribution in [0.2, 0.25) is 0 Å². The molecule has 39 heavy (non-hydrogen) atoms. The van der Waals surface area contributed by atoms with Crippen LogP contribution in [0.3, 0.4) is 0 Å². The highest BCUT2D eigenvalue weighted by atomic mass is 19.2. The lowest BCUT2D eigenvalue weighted by atomic mass is 9.82. The van der Waals surface area contributed by atoms with Gasteiger partial charge in [-0.2, -0.15) is 5.26 Å². The number of hydrogen-bond donors (Lipinski definition) is 1. The number of aromatic nitrogens is 1. The van der Waals surface area contributed by atoms with Crippen molar-refractivity contribution in [1.82, 2.24) is 9.47 Å². The highest BCUT2D eigenvalue weighted by Gasteiger charge is 2.34. The van der Waals surface area contributed by atoms with E-state index in [9.17, 15) is 24.3 Å². The molecule has 0 bridgehead atoms. The zero-order valence-electron chi connectivity index (χ0n) is 23.1. The van der Waals surface area contributed by atoms with E-state index in [1.54, 1.807) is 37.8 Å². The predicted octanol–water partition coefficient (Wildman–Crippen LogP) is 7.40. The van der Waals surface area contributed by atoms with E-state index < -0.39 is 28.7 Å². The second kappa shape index (κ2) is 9.99. The smallest absolute Gasteiger partial charge is 0.416 e. The first kappa shape index (κ1) is 28.1. The summed E-state index contributed by atoms with van der Waals surface area (Å²) in [7, 11) is 0. The highest BCUT2D eigenvalue weighted by molar-refractivity contribution is 6.02. The summed E-state index contributed by atoms with van der Waals surface area (Å²) >= 11 is 0. The minimum absolute atomic E-state index is 0.164. The van der Waals surface area contributed by atoms with Crippen LogP contribution in [0.25, 0.3) is 22.2 Å². The zero-order chi connectivity index (χ0) is 28.9. The van der Waals surface area contributed by atoms with E-state index in [2.05, 4.69) is 0 Å². The average molecular weight is 538 g/mol. The van der Waals surface area contributed by atoms with Gasteiger partial charge in [0.25, 0.3) is 0 Å². The number of nitriles is 1. The summed E-state index contributed by atoms with van der Waals surface area (Å²) in [6.45, 7) is 12.0. The Morgan fingerprint density at radius 2 is 1.64 bits per heavy atom. The lowest BCUT2D eigenvalue weighted by molar-refractivity contribution is 0.0204. The molecule has 4 rings (SSSR count). The van der Waals surface area contributed by atoms with Gasteiger partial charge in [-0.15, -0.1) is 0 Å². The molecule has 3 aromatic rings. The molecule has 2 aromatic carbocycles. The first-order valence-corrected chi connectivity index (χ1v) is 12.9. The lowest BCUT2D eigenvalue weighted by Gasteiger charge is -2.33. The minimum Gasteiger partial charge on any atom is -0.464 e. The van der Waals surface area contributed by atoms with E-state index in [0.29, 0.717) is 24.2 Å².